The maximum absolute atomic E-state index is 12.3. The van der Waals surface area contributed by atoms with Gasteiger partial charge in [-0.25, -0.2) is 9.67 Å². The van der Waals surface area contributed by atoms with E-state index in [9.17, 15) is 4.79 Å². The van der Waals surface area contributed by atoms with E-state index in [1.807, 2.05) is 41.3 Å². The van der Waals surface area contributed by atoms with Gasteiger partial charge in [-0.1, -0.05) is 25.5 Å². The lowest BCUT2D eigenvalue weighted by Crippen LogP contribution is -2.14. The predicted molar refractivity (Wildman–Crippen MR) is 111 cm³/mol. The number of nitrogens with zero attached hydrogens (tertiary/aromatic N) is 3. The Bertz CT molecular complexity index is 942. The molecule has 5 nitrogen and oxygen atoms in total. The Hall–Kier alpha value is -2.47. The Balaban J connectivity index is 1.70. The Morgan fingerprint density at radius 3 is 2.81 bits per heavy atom. The van der Waals surface area contributed by atoms with Crippen molar-refractivity contribution in [3.63, 3.8) is 0 Å². The number of hydrogen-bond acceptors (Lipinski definition) is 4. The normalized spacial score (nSPS) is 11.0. The number of anilines is 1. The van der Waals surface area contributed by atoms with Crippen LogP contribution in [-0.4, -0.2) is 20.7 Å². The number of aromatic nitrogens is 3. The van der Waals surface area contributed by atoms with Crippen LogP contribution in [-0.2, 0) is 17.6 Å². The van der Waals surface area contributed by atoms with Crippen molar-refractivity contribution in [2.45, 2.75) is 53.4 Å². The van der Waals surface area contributed by atoms with Crippen LogP contribution >= 0.6 is 11.3 Å². The van der Waals surface area contributed by atoms with Crippen molar-refractivity contribution in [3.05, 3.63) is 57.9 Å². The summed E-state index contributed by atoms with van der Waals surface area (Å²) in [4.78, 5) is 16.9. The zero-order chi connectivity index (χ0) is 19.4. The lowest BCUT2D eigenvalue weighted by atomic mass is 10.1. The Morgan fingerprint density at radius 1 is 1.26 bits per heavy atom. The van der Waals surface area contributed by atoms with E-state index in [1.54, 1.807) is 0 Å². The number of benzene rings is 1. The van der Waals surface area contributed by atoms with Gasteiger partial charge in [-0.3, -0.25) is 4.79 Å². The van der Waals surface area contributed by atoms with E-state index in [-0.39, 0.29) is 12.3 Å². The highest BCUT2D eigenvalue weighted by molar-refractivity contribution is 7.12. The molecule has 6 heteroatoms. The minimum atomic E-state index is -0.0607. The quantitative estimate of drug-likeness (QED) is 0.640. The molecule has 0 aliphatic rings. The van der Waals surface area contributed by atoms with E-state index in [0.717, 1.165) is 46.3 Å². The van der Waals surface area contributed by atoms with Crippen LogP contribution in [0.5, 0.6) is 0 Å². The number of carbonyl (C=O) groups excluding carboxylic acids is 1. The first-order valence-electron chi connectivity index (χ1n) is 9.34. The Kier molecular flexibility index (Phi) is 6.06. The molecule has 3 aromatic rings. The van der Waals surface area contributed by atoms with E-state index in [1.165, 1.54) is 23.3 Å². The SMILES string of the molecule is CCCCc1c(C)nn(-c2nc(CC(=O)Nc3cccc(C)c3)cs2)c1C. The maximum Gasteiger partial charge on any atom is 0.230 e. The molecule has 1 amide bonds. The van der Waals surface area contributed by atoms with Crippen LogP contribution in [0.2, 0.25) is 0 Å². The van der Waals surface area contributed by atoms with Gasteiger partial charge < -0.3 is 5.32 Å². The third kappa shape index (κ3) is 4.63. The molecule has 142 valence electrons. The molecule has 0 radical (unpaired) electrons. The van der Waals surface area contributed by atoms with E-state index in [4.69, 9.17) is 0 Å². The Labute approximate surface area is 164 Å². The van der Waals surface area contributed by atoms with Gasteiger partial charge in [0.15, 0.2) is 0 Å². The monoisotopic (exact) mass is 382 g/mol. The number of carbonyl (C=O) groups is 1. The van der Waals surface area contributed by atoms with Crippen LogP contribution in [0.1, 0.15) is 48.0 Å². The van der Waals surface area contributed by atoms with Gasteiger partial charge in [-0.2, -0.15) is 5.10 Å². The third-order valence-electron chi connectivity index (χ3n) is 4.59. The van der Waals surface area contributed by atoms with Crippen LogP contribution in [0, 0.1) is 20.8 Å². The molecular formula is C21H26N4OS. The minimum Gasteiger partial charge on any atom is -0.326 e. The zero-order valence-corrected chi connectivity index (χ0v) is 17.2. The first kappa shape index (κ1) is 19.3. The lowest BCUT2D eigenvalue weighted by molar-refractivity contribution is -0.115. The van der Waals surface area contributed by atoms with Crippen molar-refractivity contribution in [3.8, 4) is 5.13 Å². The standard InChI is InChI=1S/C21H26N4OS/c1-5-6-10-19-15(3)24-25(16(19)4)21-23-18(13-27-21)12-20(26)22-17-9-7-8-14(2)11-17/h7-9,11,13H,5-6,10,12H2,1-4H3,(H,22,26). The average Bonchev–Trinajstić information content (AvgIpc) is 3.18. The van der Waals surface area contributed by atoms with Gasteiger partial charge in [0.05, 0.1) is 17.8 Å². The fourth-order valence-electron chi connectivity index (χ4n) is 3.14. The van der Waals surface area contributed by atoms with E-state index >= 15 is 0 Å². The summed E-state index contributed by atoms with van der Waals surface area (Å²) < 4.78 is 1.91. The van der Waals surface area contributed by atoms with Crippen LogP contribution in [0.3, 0.4) is 0 Å². The first-order valence-corrected chi connectivity index (χ1v) is 10.2. The van der Waals surface area contributed by atoms with E-state index in [0.29, 0.717) is 0 Å². The summed E-state index contributed by atoms with van der Waals surface area (Å²) in [6, 6.07) is 7.79. The second-order valence-electron chi connectivity index (χ2n) is 6.88. The molecule has 27 heavy (non-hydrogen) atoms. The molecule has 0 fully saturated rings. The number of nitrogens with one attached hydrogen (secondary N) is 1. The molecule has 0 bridgehead atoms. The summed E-state index contributed by atoms with van der Waals surface area (Å²) >= 11 is 1.52. The highest BCUT2D eigenvalue weighted by Crippen LogP contribution is 2.22. The molecule has 0 aliphatic carbocycles. The molecule has 0 saturated heterocycles. The second-order valence-corrected chi connectivity index (χ2v) is 7.72. The van der Waals surface area contributed by atoms with Gasteiger partial charge >= 0.3 is 0 Å². The van der Waals surface area contributed by atoms with Gasteiger partial charge in [-0.15, -0.1) is 11.3 Å². The maximum atomic E-state index is 12.3. The van der Waals surface area contributed by atoms with E-state index in [2.05, 4.69) is 36.2 Å². The van der Waals surface area contributed by atoms with Crippen molar-refractivity contribution >= 4 is 22.9 Å². The average molecular weight is 383 g/mol. The summed E-state index contributed by atoms with van der Waals surface area (Å²) in [5, 5.41) is 10.4. The highest BCUT2D eigenvalue weighted by Gasteiger charge is 2.15. The number of thiazole rings is 1. The molecule has 1 N–H and O–H groups in total. The van der Waals surface area contributed by atoms with Crippen LogP contribution < -0.4 is 5.32 Å². The molecule has 0 aliphatic heterocycles. The van der Waals surface area contributed by atoms with Crippen LogP contribution in [0.4, 0.5) is 5.69 Å². The lowest BCUT2D eigenvalue weighted by Gasteiger charge is -2.04. The number of unbranched alkanes of at least 4 members (excludes halogenated alkanes) is 1. The number of rotatable bonds is 7. The summed E-state index contributed by atoms with van der Waals surface area (Å²) in [6.45, 7) is 8.35. The molecule has 0 unspecified atom stereocenters. The number of aryl methyl sites for hydroxylation is 2. The smallest absolute Gasteiger partial charge is 0.230 e. The predicted octanol–water partition coefficient (Wildman–Crippen LogP) is 4.78. The Morgan fingerprint density at radius 2 is 2.07 bits per heavy atom. The molecule has 3 rings (SSSR count). The van der Waals surface area contributed by atoms with Gasteiger partial charge in [0.2, 0.25) is 11.0 Å². The molecule has 0 saturated carbocycles. The summed E-state index contributed by atoms with van der Waals surface area (Å²) in [5.74, 6) is -0.0607. The van der Waals surface area contributed by atoms with Crippen molar-refractivity contribution < 1.29 is 4.79 Å². The summed E-state index contributed by atoms with van der Waals surface area (Å²) in [7, 11) is 0. The zero-order valence-electron chi connectivity index (χ0n) is 16.4. The molecule has 0 spiro atoms. The molecule has 2 aromatic heterocycles. The van der Waals surface area contributed by atoms with Gasteiger partial charge in [0, 0.05) is 16.8 Å². The molecule has 0 atom stereocenters. The number of amides is 1. The summed E-state index contributed by atoms with van der Waals surface area (Å²) in [5.41, 5.74) is 6.22. The van der Waals surface area contributed by atoms with Gasteiger partial charge in [0.1, 0.15) is 0 Å². The molecular weight excluding hydrogens is 356 g/mol. The van der Waals surface area contributed by atoms with Crippen molar-refractivity contribution in [1.82, 2.24) is 14.8 Å². The third-order valence-corrected chi connectivity index (χ3v) is 5.45. The fraction of sp³-hybridized carbons (Fsp3) is 0.381. The largest absolute Gasteiger partial charge is 0.326 e. The fourth-order valence-corrected chi connectivity index (χ4v) is 3.97. The highest BCUT2D eigenvalue weighted by atomic mass is 32.1. The second kappa shape index (κ2) is 8.48. The number of hydrogen-bond donors (Lipinski definition) is 1. The molecule has 1 aromatic carbocycles. The minimum absolute atomic E-state index is 0.0607. The topological polar surface area (TPSA) is 59.8 Å². The van der Waals surface area contributed by atoms with Gasteiger partial charge in [-0.05, 0) is 56.9 Å². The van der Waals surface area contributed by atoms with Crippen molar-refractivity contribution in [2.75, 3.05) is 5.32 Å². The van der Waals surface area contributed by atoms with E-state index < -0.39 is 0 Å². The van der Waals surface area contributed by atoms with Crippen molar-refractivity contribution in [2.24, 2.45) is 0 Å². The van der Waals surface area contributed by atoms with Crippen LogP contribution in [0.25, 0.3) is 5.13 Å². The summed E-state index contributed by atoms with van der Waals surface area (Å²) in [6.07, 6.45) is 3.63. The van der Waals surface area contributed by atoms with Crippen molar-refractivity contribution in [1.29, 1.82) is 0 Å². The molecule has 2 heterocycles. The van der Waals surface area contributed by atoms with Gasteiger partial charge in [0.25, 0.3) is 0 Å². The first-order chi connectivity index (χ1) is 13.0. The van der Waals surface area contributed by atoms with Crippen LogP contribution in [0.15, 0.2) is 29.6 Å².